The van der Waals surface area contributed by atoms with E-state index in [9.17, 15) is 16.7 Å². The molecule has 1 aromatic rings. The SMILES string of the molecule is Nc1cc(S(=O)(=O)F)cc(Br)c1F. The molecule has 13 heavy (non-hydrogen) atoms. The Morgan fingerprint density at radius 1 is 1.38 bits per heavy atom. The van der Waals surface area contributed by atoms with Gasteiger partial charge in [0.25, 0.3) is 0 Å². The lowest BCUT2D eigenvalue weighted by molar-refractivity contribution is 0.551. The fourth-order valence-corrected chi connectivity index (χ4v) is 1.88. The van der Waals surface area contributed by atoms with E-state index in [2.05, 4.69) is 15.9 Å². The molecule has 0 bridgehead atoms. The molecule has 0 aliphatic rings. The third-order valence-corrected chi connectivity index (χ3v) is 2.69. The van der Waals surface area contributed by atoms with Gasteiger partial charge in [0.1, 0.15) is 4.90 Å². The molecule has 0 radical (unpaired) electrons. The van der Waals surface area contributed by atoms with Crippen LogP contribution in [0.25, 0.3) is 0 Å². The maximum Gasteiger partial charge on any atom is 0.332 e. The van der Waals surface area contributed by atoms with Crippen LogP contribution in [-0.4, -0.2) is 8.42 Å². The predicted molar refractivity (Wildman–Crippen MR) is 46.8 cm³/mol. The average Bonchev–Trinajstić information content (AvgIpc) is 1.97. The van der Waals surface area contributed by atoms with Crippen LogP contribution in [0.4, 0.5) is 14.0 Å². The Hall–Kier alpha value is -0.690. The van der Waals surface area contributed by atoms with Gasteiger partial charge in [-0.15, -0.1) is 3.89 Å². The summed E-state index contributed by atoms with van der Waals surface area (Å²) in [5, 5.41) is 0. The zero-order chi connectivity index (χ0) is 10.2. The molecular weight excluding hydrogens is 268 g/mol. The summed E-state index contributed by atoms with van der Waals surface area (Å²) in [7, 11) is -4.84. The fourth-order valence-electron chi connectivity index (χ4n) is 0.725. The van der Waals surface area contributed by atoms with Gasteiger partial charge in [-0.25, -0.2) is 4.39 Å². The molecule has 0 saturated heterocycles. The fraction of sp³-hybridized carbons (Fsp3) is 0. The summed E-state index contributed by atoms with van der Waals surface area (Å²) in [6.07, 6.45) is 0. The van der Waals surface area contributed by atoms with Crippen molar-refractivity contribution in [2.45, 2.75) is 4.90 Å². The minimum Gasteiger partial charge on any atom is -0.396 e. The van der Waals surface area contributed by atoms with Crippen LogP contribution in [-0.2, 0) is 10.2 Å². The molecule has 0 aliphatic heterocycles. The highest BCUT2D eigenvalue weighted by Gasteiger charge is 2.16. The molecule has 2 N–H and O–H groups in total. The average molecular weight is 272 g/mol. The Morgan fingerprint density at radius 2 is 1.92 bits per heavy atom. The molecule has 0 unspecified atom stereocenters. The molecule has 0 amide bonds. The summed E-state index contributed by atoms with van der Waals surface area (Å²) in [6.45, 7) is 0. The molecule has 0 fully saturated rings. The number of rotatable bonds is 1. The van der Waals surface area contributed by atoms with Crippen LogP contribution in [0, 0.1) is 5.82 Å². The minimum atomic E-state index is -4.84. The Balaban J connectivity index is 3.47. The van der Waals surface area contributed by atoms with Crippen LogP contribution in [0.2, 0.25) is 0 Å². The smallest absolute Gasteiger partial charge is 0.332 e. The van der Waals surface area contributed by atoms with Crippen molar-refractivity contribution in [2.75, 3.05) is 5.73 Å². The molecule has 0 atom stereocenters. The van der Waals surface area contributed by atoms with E-state index in [1.807, 2.05) is 0 Å². The maximum atomic E-state index is 12.8. The van der Waals surface area contributed by atoms with Crippen molar-refractivity contribution in [3.05, 3.63) is 22.4 Å². The molecule has 7 heteroatoms. The lowest BCUT2D eigenvalue weighted by Gasteiger charge is -2.01. The van der Waals surface area contributed by atoms with Gasteiger partial charge in [0, 0.05) is 0 Å². The van der Waals surface area contributed by atoms with Gasteiger partial charge in [-0.1, -0.05) is 0 Å². The van der Waals surface area contributed by atoms with Crippen molar-refractivity contribution in [3.63, 3.8) is 0 Å². The van der Waals surface area contributed by atoms with E-state index >= 15 is 0 Å². The highest BCUT2D eigenvalue weighted by Crippen LogP contribution is 2.26. The van der Waals surface area contributed by atoms with Crippen molar-refractivity contribution in [1.82, 2.24) is 0 Å². The number of anilines is 1. The Kier molecular flexibility index (Phi) is 2.58. The lowest BCUT2D eigenvalue weighted by Crippen LogP contribution is -1.98. The van der Waals surface area contributed by atoms with Crippen LogP contribution in [0.15, 0.2) is 21.5 Å². The lowest BCUT2D eigenvalue weighted by atomic mass is 10.3. The zero-order valence-electron chi connectivity index (χ0n) is 6.09. The quantitative estimate of drug-likeness (QED) is 0.626. The summed E-state index contributed by atoms with van der Waals surface area (Å²) < 4.78 is 45.8. The number of benzene rings is 1. The van der Waals surface area contributed by atoms with Gasteiger partial charge in [-0.3, -0.25) is 0 Å². The first-order valence-corrected chi connectivity index (χ1v) is 5.19. The number of nitrogen functional groups attached to an aromatic ring is 1. The van der Waals surface area contributed by atoms with Gasteiger partial charge in [0.05, 0.1) is 10.2 Å². The van der Waals surface area contributed by atoms with Crippen LogP contribution in [0.3, 0.4) is 0 Å². The van der Waals surface area contributed by atoms with Gasteiger partial charge >= 0.3 is 10.2 Å². The Bertz CT molecular complexity index is 423. The first kappa shape index (κ1) is 10.4. The van der Waals surface area contributed by atoms with Crippen LogP contribution in [0.5, 0.6) is 0 Å². The molecule has 72 valence electrons. The Morgan fingerprint density at radius 3 is 2.31 bits per heavy atom. The van der Waals surface area contributed by atoms with Crippen LogP contribution >= 0.6 is 15.9 Å². The molecule has 0 aliphatic carbocycles. The highest BCUT2D eigenvalue weighted by atomic mass is 79.9. The van der Waals surface area contributed by atoms with Crippen LogP contribution in [0.1, 0.15) is 0 Å². The molecule has 0 saturated carbocycles. The van der Waals surface area contributed by atoms with E-state index in [4.69, 9.17) is 5.73 Å². The van der Waals surface area contributed by atoms with Gasteiger partial charge in [0.15, 0.2) is 5.82 Å². The van der Waals surface area contributed by atoms with Crippen molar-refractivity contribution in [1.29, 1.82) is 0 Å². The first-order valence-electron chi connectivity index (χ1n) is 3.01. The van der Waals surface area contributed by atoms with Gasteiger partial charge in [-0.2, -0.15) is 8.42 Å². The summed E-state index contributed by atoms with van der Waals surface area (Å²) in [6, 6.07) is 1.52. The molecule has 0 heterocycles. The maximum absolute atomic E-state index is 12.8. The van der Waals surface area contributed by atoms with E-state index in [1.165, 1.54) is 0 Å². The van der Waals surface area contributed by atoms with Crippen molar-refractivity contribution >= 4 is 31.8 Å². The van der Waals surface area contributed by atoms with Gasteiger partial charge in [-0.05, 0) is 28.1 Å². The molecule has 0 aromatic heterocycles. The van der Waals surface area contributed by atoms with Crippen molar-refractivity contribution in [3.8, 4) is 0 Å². The molecule has 1 aromatic carbocycles. The predicted octanol–water partition coefficient (Wildman–Crippen LogP) is 1.83. The van der Waals surface area contributed by atoms with Gasteiger partial charge < -0.3 is 5.73 Å². The largest absolute Gasteiger partial charge is 0.396 e. The number of nitrogens with two attached hydrogens (primary N) is 1. The summed E-state index contributed by atoms with van der Waals surface area (Å²) >= 11 is 2.70. The van der Waals surface area contributed by atoms with E-state index < -0.39 is 26.6 Å². The molecule has 3 nitrogen and oxygen atoms in total. The third kappa shape index (κ3) is 2.16. The molecule has 1 rings (SSSR count). The second-order valence-corrected chi connectivity index (χ2v) is 4.45. The zero-order valence-corrected chi connectivity index (χ0v) is 8.49. The van der Waals surface area contributed by atoms with Gasteiger partial charge in [0.2, 0.25) is 0 Å². The topological polar surface area (TPSA) is 60.2 Å². The van der Waals surface area contributed by atoms with Crippen molar-refractivity contribution in [2.24, 2.45) is 0 Å². The van der Waals surface area contributed by atoms with E-state index in [0.717, 1.165) is 12.1 Å². The monoisotopic (exact) mass is 271 g/mol. The standard InChI is InChI=1S/C6H4BrF2NO2S/c7-4-1-3(13(9,11)12)2-5(10)6(4)8/h1-2H,10H2. The van der Waals surface area contributed by atoms with E-state index in [-0.39, 0.29) is 4.47 Å². The highest BCUT2D eigenvalue weighted by molar-refractivity contribution is 9.10. The summed E-state index contributed by atoms with van der Waals surface area (Å²) in [5.74, 6) is -0.813. The first-order chi connectivity index (χ1) is 5.82. The molecular formula is C6H4BrF2NO2S. The second-order valence-electron chi connectivity index (χ2n) is 2.25. The Labute approximate surface area is 81.9 Å². The molecule has 0 spiro atoms. The second kappa shape index (κ2) is 3.22. The third-order valence-electron chi connectivity index (χ3n) is 1.31. The normalized spacial score (nSPS) is 11.6. The minimum absolute atomic E-state index is 0.191. The van der Waals surface area contributed by atoms with Crippen molar-refractivity contribution < 1.29 is 16.7 Å². The number of halogens is 3. The summed E-state index contributed by atoms with van der Waals surface area (Å²) in [5.41, 5.74) is 4.66. The number of hydrogen-bond donors (Lipinski definition) is 1. The number of hydrogen-bond acceptors (Lipinski definition) is 3. The van der Waals surface area contributed by atoms with E-state index in [0.29, 0.717) is 0 Å². The van der Waals surface area contributed by atoms with Crippen LogP contribution < -0.4 is 5.73 Å². The summed E-state index contributed by atoms with van der Waals surface area (Å²) in [4.78, 5) is -0.668. The van der Waals surface area contributed by atoms with E-state index in [1.54, 1.807) is 0 Å².